The summed E-state index contributed by atoms with van der Waals surface area (Å²) < 4.78 is 1.07. The number of hydrogen-bond acceptors (Lipinski definition) is 3. The summed E-state index contributed by atoms with van der Waals surface area (Å²) in [6.07, 6.45) is 1.70. The standard InChI is InChI=1S/C14H14BrN3S/c1-18(9-10-4-2-5-11(15)8-10)12-6-3-7-17-13(12)14(16)19/h2-8H,9H2,1H3,(H2,16,19). The molecule has 2 aromatic rings. The third kappa shape index (κ3) is 3.52. The fourth-order valence-electron chi connectivity index (χ4n) is 1.89. The van der Waals surface area contributed by atoms with Crippen molar-refractivity contribution >= 4 is 38.8 Å². The van der Waals surface area contributed by atoms with Crippen molar-refractivity contribution in [2.75, 3.05) is 11.9 Å². The number of aromatic nitrogens is 1. The Morgan fingerprint density at radius 1 is 1.37 bits per heavy atom. The molecule has 19 heavy (non-hydrogen) atoms. The molecule has 2 N–H and O–H groups in total. The molecule has 0 aliphatic carbocycles. The average molecular weight is 336 g/mol. The summed E-state index contributed by atoms with van der Waals surface area (Å²) in [5.41, 5.74) is 8.51. The number of benzene rings is 1. The maximum absolute atomic E-state index is 5.70. The fourth-order valence-corrected chi connectivity index (χ4v) is 2.49. The van der Waals surface area contributed by atoms with E-state index in [4.69, 9.17) is 18.0 Å². The second kappa shape index (κ2) is 6.12. The summed E-state index contributed by atoms with van der Waals surface area (Å²) in [5, 5.41) is 0. The number of anilines is 1. The Balaban J connectivity index is 2.25. The zero-order valence-corrected chi connectivity index (χ0v) is 12.9. The molecule has 1 aromatic heterocycles. The molecule has 0 aliphatic heterocycles. The van der Waals surface area contributed by atoms with E-state index in [1.54, 1.807) is 6.20 Å². The lowest BCUT2D eigenvalue weighted by Gasteiger charge is -2.21. The largest absolute Gasteiger partial charge is 0.388 e. The van der Waals surface area contributed by atoms with Crippen LogP contribution in [-0.4, -0.2) is 17.0 Å². The van der Waals surface area contributed by atoms with E-state index in [-0.39, 0.29) is 0 Å². The smallest absolute Gasteiger partial charge is 0.124 e. The van der Waals surface area contributed by atoms with Crippen LogP contribution in [0.2, 0.25) is 0 Å². The molecule has 0 bridgehead atoms. The van der Waals surface area contributed by atoms with Crippen LogP contribution in [0.15, 0.2) is 47.1 Å². The quantitative estimate of drug-likeness (QED) is 0.871. The van der Waals surface area contributed by atoms with Gasteiger partial charge < -0.3 is 10.6 Å². The maximum atomic E-state index is 5.70. The highest BCUT2D eigenvalue weighted by Crippen LogP contribution is 2.20. The van der Waals surface area contributed by atoms with E-state index in [2.05, 4.69) is 37.9 Å². The van der Waals surface area contributed by atoms with Gasteiger partial charge in [0.05, 0.1) is 5.69 Å². The zero-order valence-electron chi connectivity index (χ0n) is 10.5. The molecule has 0 unspecified atom stereocenters. The van der Waals surface area contributed by atoms with Crippen molar-refractivity contribution in [1.82, 2.24) is 4.98 Å². The van der Waals surface area contributed by atoms with E-state index in [9.17, 15) is 0 Å². The van der Waals surface area contributed by atoms with Crippen molar-refractivity contribution in [2.24, 2.45) is 5.73 Å². The van der Waals surface area contributed by atoms with Crippen LogP contribution in [0.4, 0.5) is 5.69 Å². The number of nitrogens with two attached hydrogens (primary N) is 1. The molecule has 0 radical (unpaired) electrons. The van der Waals surface area contributed by atoms with Crippen LogP contribution in [0.3, 0.4) is 0 Å². The molecule has 0 spiro atoms. The highest BCUT2D eigenvalue weighted by atomic mass is 79.9. The molecule has 0 saturated heterocycles. The van der Waals surface area contributed by atoms with Gasteiger partial charge in [0.15, 0.2) is 0 Å². The van der Waals surface area contributed by atoms with Crippen LogP contribution in [0.25, 0.3) is 0 Å². The monoisotopic (exact) mass is 335 g/mol. The molecule has 1 aromatic carbocycles. The second-order valence-corrected chi connectivity index (χ2v) is 5.58. The minimum Gasteiger partial charge on any atom is -0.388 e. The minimum absolute atomic E-state index is 0.316. The van der Waals surface area contributed by atoms with E-state index in [0.29, 0.717) is 10.7 Å². The number of halogens is 1. The predicted octanol–water partition coefficient (Wildman–Crippen LogP) is 3.11. The Morgan fingerprint density at radius 2 is 2.16 bits per heavy atom. The third-order valence-corrected chi connectivity index (χ3v) is 3.43. The third-order valence-electron chi connectivity index (χ3n) is 2.74. The number of pyridine rings is 1. The highest BCUT2D eigenvalue weighted by molar-refractivity contribution is 9.10. The van der Waals surface area contributed by atoms with Crippen molar-refractivity contribution < 1.29 is 0 Å². The molecule has 2 rings (SSSR count). The van der Waals surface area contributed by atoms with Crippen LogP contribution >= 0.6 is 28.1 Å². The average Bonchev–Trinajstić information content (AvgIpc) is 2.38. The molecule has 98 valence electrons. The van der Waals surface area contributed by atoms with Gasteiger partial charge >= 0.3 is 0 Å². The van der Waals surface area contributed by atoms with Crippen molar-refractivity contribution in [3.8, 4) is 0 Å². The van der Waals surface area contributed by atoms with Gasteiger partial charge in [-0.3, -0.25) is 4.98 Å². The van der Waals surface area contributed by atoms with Crippen LogP contribution < -0.4 is 10.6 Å². The van der Waals surface area contributed by atoms with Gasteiger partial charge in [-0.05, 0) is 29.8 Å². The van der Waals surface area contributed by atoms with E-state index < -0.39 is 0 Å². The van der Waals surface area contributed by atoms with Gasteiger partial charge in [0.1, 0.15) is 10.7 Å². The van der Waals surface area contributed by atoms with E-state index in [1.165, 1.54) is 5.56 Å². The topological polar surface area (TPSA) is 42.2 Å². The fraction of sp³-hybridized carbons (Fsp3) is 0.143. The van der Waals surface area contributed by atoms with Gasteiger partial charge in [0, 0.05) is 24.3 Å². The van der Waals surface area contributed by atoms with Crippen LogP contribution in [0, 0.1) is 0 Å². The number of hydrogen-bond donors (Lipinski definition) is 1. The first-order valence-electron chi connectivity index (χ1n) is 5.78. The summed E-state index contributed by atoms with van der Waals surface area (Å²) >= 11 is 8.51. The predicted molar refractivity (Wildman–Crippen MR) is 86.4 cm³/mol. The first-order chi connectivity index (χ1) is 9.08. The molecule has 1 heterocycles. The van der Waals surface area contributed by atoms with Crippen LogP contribution in [-0.2, 0) is 6.54 Å². The normalized spacial score (nSPS) is 10.2. The van der Waals surface area contributed by atoms with Crippen molar-refractivity contribution in [3.63, 3.8) is 0 Å². The molecule has 0 aliphatic rings. The molecule has 0 amide bonds. The summed E-state index contributed by atoms with van der Waals surface area (Å²) in [5.74, 6) is 0. The van der Waals surface area contributed by atoms with Gasteiger partial charge in [-0.2, -0.15) is 0 Å². The Hall–Kier alpha value is -1.46. The van der Waals surface area contributed by atoms with E-state index >= 15 is 0 Å². The molecular formula is C14H14BrN3S. The molecule has 0 fully saturated rings. The van der Waals surface area contributed by atoms with Crippen molar-refractivity contribution in [2.45, 2.75) is 6.54 Å². The number of thiocarbonyl (C=S) groups is 1. The van der Waals surface area contributed by atoms with Crippen LogP contribution in [0.5, 0.6) is 0 Å². The number of rotatable bonds is 4. The summed E-state index contributed by atoms with van der Waals surface area (Å²) in [7, 11) is 2.00. The first kappa shape index (κ1) is 14.0. The zero-order chi connectivity index (χ0) is 13.8. The first-order valence-corrected chi connectivity index (χ1v) is 6.98. The van der Waals surface area contributed by atoms with Crippen molar-refractivity contribution in [1.29, 1.82) is 0 Å². The summed E-state index contributed by atoms with van der Waals surface area (Å²) in [6.45, 7) is 0.765. The van der Waals surface area contributed by atoms with Gasteiger partial charge in [-0.15, -0.1) is 0 Å². The highest BCUT2D eigenvalue weighted by Gasteiger charge is 2.10. The van der Waals surface area contributed by atoms with Gasteiger partial charge in [-0.25, -0.2) is 0 Å². The molecular weight excluding hydrogens is 322 g/mol. The SMILES string of the molecule is CN(Cc1cccc(Br)c1)c1cccnc1C(N)=S. The molecule has 0 atom stereocenters. The lowest BCUT2D eigenvalue weighted by molar-refractivity contribution is 0.915. The van der Waals surface area contributed by atoms with Gasteiger partial charge in [-0.1, -0.05) is 40.3 Å². The summed E-state index contributed by atoms with van der Waals surface area (Å²) in [4.78, 5) is 6.64. The molecule has 3 nitrogen and oxygen atoms in total. The summed E-state index contributed by atoms with van der Waals surface area (Å²) in [6, 6.07) is 12.1. The van der Waals surface area contributed by atoms with E-state index in [1.807, 2.05) is 31.3 Å². The Bertz CT molecular complexity index is 601. The lowest BCUT2D eigenvalue weighted by atomic mass is 10.2. The Morgan fingerprint density at radius 3 is 2.84 bits per heavy atom. The number of nitrogens with zero attached hydrogens (tertiary/aromatic N) is 2. The van der Waals surface area contributed by atoms with E-state index in [0.717, 1.165) is 16.7 Å². The minimum atomic E-state index is 0.316. The maximum Gasteiger partial charge on any atom is 0.124 e. The second-order valence-electron chi connectivity index (χ2n) is 4.22. The Labute approximate surface area is 126 Å². The van der Waals surface area contributed by atoms with Gasteiger partial charge in [0.2, 0.25) is 0 Å². The Kier molecular flexibility index (Phi) is 4.50. The molecule has 5 heteroatoms. The van der Waals surface area contributed by atoms with Gasteiger partial charge in [0.25, 0.3) is 0 Å². The van der Waals surface area contributed by atoms with Crippen LogP contribution in [0.1, 0.15) is 11.3 Å². The lowest BCUT2D eigenvalue weighted by Crippen LogP contribution is -2.22. The molecule has 0 saturated carbocycles. The van der Waals surface area contributed by atoms with Crippen molar-refractivity contribution in [3.05, 3.63) is 58.3 Å².